The van der Waals surface area contributed by atoms with Gasteiger partial charge in [-0.2, -0.15) is 0 Å². The lowest BCUT2D eigenvalue weighted by Gasteiger charge is -2.45. The van der Waals surface area contributed by atoms with E-state index in [1.807, 2.05) is 29.2 Å². The molecule has 45 heavy (non-hydrogen) atoms. The Morgan fingerprint density at radius 1 is 0.756 bits per heavy atom. The zero-order chi connectivity index (χ0) is 32.3. The van der Waals surface area contributed by atoms with Crippen molar-refractivity contribution in [2.24, 2.45) is 0 Å². The minimum absolute atomic E-state index is 0.131. The predicted molar refractivity (Wildman–Crippen MR) is 174 cm³/mol. The molecule has 0 unspecified atom stereocenters. The second-order valence-electron chi connectivity index (χ2n) is 11.4. The van der Waals surface area contributed by atoms with E-state index in [0.717, 1.165) is 54.2 Å². The fraction of sp³-hybridized carbons (Fsp3) is 0.400. The first kappa shape index (κ1) is 31.8. The Bertz CT molecular complexity index is 1500. The van der Waals surface area contributed by atoms with Gasteiger partial charge in [0.1, 0.15) is 17.0 Å². The summed E-state index contributed by atoms with van der Waals surface area (Å²) in [6.45, 7) is 11.5. The van der Waals surface area contributed by atoms with Gasteiger partial charge in [0.25, 0.3) is 5.91 Å². The average molecular weight is 615 g/mol. The van der Waals surface area contributed by atoms with Crippen LogP contribution in [0.1, 0.15) is 61.2 Å². The van der Waals surface area contributed by atoms with E-state index in [1.54, 1.807) is 0 Å². The van der Waals surface area contributed by atoms with Crippen molar-refractivity contribution in [3.63, 3.8) is 0 Å². The SMILES string of the molecule is CCN(CC)c1ccc2c(c1)Oc1cc(N(CC)CC)ccc1C21c2ccccc2C(=O)N1CCCN(CC(=O)O)CC(=O)O. The van der Waals surface area contributed by atoms with E-state index >= 15 is 0 Å². The molecular weight excluding hydrogens is 572 g/mol. The highest BCUT2D eigenvalue weighted by molar-refractivity contribution is 6.02. The summed E-state index contributed by atoms with van der Waals surface area (Å²) in [5.41, 5.74) is 4.23. The van der Waals surface area contributed by atoms with Crippen LogP contribution in [0.5, 0.6) is 11.5 Å². The highest BCUT2D eigenvalue weighted by Crippen LogP contribution is 2.58. The molecule has 3 aromatic carbocycles. The van der Waals surface area contributed by atoms with Crippen LogP contribution in [0.2, 0.25) is 0 Å². The zero-order valence-electron chi connectivity index (χ0n) is 26.5. The van der Waals surface area contributed by atoms with Crippen molar-refractivity contribution in [1.29, 1.82) is 0 Å². The topological polar surface area (TPSA) is 114 Å². The fourth-order valence-electron chi connectivity index (χ4n) is 6.95. The molecule has 2 N–H and O–H groups in total. The number of rotatable bonds is 14. The molecule has 3 aromatic rings. The van der Waals surface area contributed by atoms with Crippen LogP contribution >= 0.6 is 0 Å². The monoisotopic (exact) mass is 614 g/mol. The second kappa shape index (κ2) is 13.2. The summed E-state index contributed by atoms with van der Waals surface area (Å²) in [6.07, 6.45) is 0.378. The number of aliphatic carboxylic acids is 2. The van der Waals surface area contributed by atoms with Crippen molar-refractivity contribution in [3.05, 3.63) is 82.9 Å². The Balaban J connectivity index is 1.68. The number of hydrogen-bond donors (Lipinski definition) is 2. The van der Waals surface area contributed by atoms with Crippen molar-refractivity contribution in [2.75, 3.05) is 62.2 Å². The maximum absolute atomic E-state index is 14.3. The van der Waals surface area contributed by atoms with E-state index in [0.29, 0.717) is 23.5 Å². The van der Waals surface area contributed by atoms with E-state index in [-0.39, 0.29) is 19.0 Å². The van der Waals surface area contributed by atoms with Crippen molar-refractivity contribution in [3.8, 4) is 11.5 Å². The van der Waals surface area contributed by atoms with Crippen LogP contribution in [-0.4, -0.2) is 90.2 Å². The van der Waals surface area contributed by atoms with Gasteiger partial charge < -0.3 is 29.6 Å². The first-order valence-electron chi connectivity index (χ1n) is 15.7. The van der Waals surface area contributed by atoms with Gasteiger partial charge in [0.15, 0.2) is 0 Å². The van der Waals surface area contributed by atoms with Crippen molar-refractivity contribution < 1.29 is 29.3 Å². The van der Waals surface area contributed by atoms with Crippen LogP contribution in [0.3, 0.4) is 0 Å². The van der Waals surface area contributed by atoms with Gasteiger partial charge >= 0.3 is 11.9 Å². The Morgan fingerprint density at radius 3 is 1.76 bits per heavy atom. The molecule has 5 rings (SSSR count). The molecule has 0 radical (unpaired) electrons. The summed E-state index contributed by atoms with van der Waals surface area (Å²) in [6, 6.07) is 20.1. The van der Waals surface area contributed by atoms with Gasteiger partial charge in [-0.3, -0.25) is 19.3 Å². The van der Waals surface area contributed by atoms with Crippen molar-refractivity contribution >= 4 is 29.2 Å². The molecule has 10 nitrogen and oxygen atoms in total. The molecule has 2 aliphatic rings. The molecular formula is C35H42N4O6. The van der Waals surface area contributed by atoms with Gasteiger partial charge in [-0.15, -0.1) is 0 Å². The van der Waals surface area contributed by atoms with Crippen LogP contribution in [0.15, 0.2) is 60.7 Å². The smallest absolute Gasteiger partial charge is 0.317 e. The zero-order valence-corrected chi connectivity index (χ0v) is 26.5. The number of ether oxygens (including phenoxy) is 1. The number of carbonyl (C=O) groups excluding carboxylic acids is 1. The molecule has 238 valence electrons. The van der Waals surface area contributed by atoms with E-state index in [9.17, 15) is 24.6 Å². The standard InChI is InChI=1S/C35H42N4O6/c1-5-37(6-2)24-14-16-28-30(20-24)45-31-21-25(38(7-3)8-4)15-17-29(31)35(28)27-13-10-9-12-26(27)34(44)39(35)19-11-18-36(22-32(40)41)23-33(42)43/h9-10,12-17,20-21H,5-8,11,18-19,22-23H2,1-4H3,(H,40,41)(H,42,43). The number of carboxylic acid groups (broad SMARTS) is 2. The third-order valence-corrected chi connectivity index (χ3v) is 8.96. The van der Waals surface area contributed by atoms with Crippen molar-refractivity contribution in [2.45, 2.75) is 39.7 Å². The van der Waals surface area contributed by atoms with E-state index in [4.69, 9.17) is 4.74 Å². The van der Waals surface area contributed by atoms with Gasteiger partial charge in [0.05, 0.1) is 13.1 Å². The van der Waals surface area contributed by atoms with Gasteiger partial charge in [-0.1, -0.05) is 30.3 Å². The van der Waals surface area contributed by atoms with E-state index < -0.39 is 30.6 Å². The molecule has 2 aliphatic heterocycles. The third kappa shape index (κ3) is 5.70. The number of nitrogens with zero attached hydrogens (tertiary/aromatic N) is 4. The molecule has 1 spiro atoms. The minimum atomic E-state index is -1.10. The van der Waals surface area contributed by atoms with Crippen molar-refractivity contribution in [1.82, 2.24) is 9.80 Å². The number of carboxylic acids is 2. The Morgan fingerprint density at radius 2 is 1.27 bits per heavy atom. The number of benzene rings is 3. The van der Waals surface area contributed by atoms with Crippen LogP contribution in [0.25, 0.3) is 0 Å². The lowest BCUT2D eigenvalue weighted by Crippen LogP contribution is -2.48. The molecule has 1 amide bonds. The van der Waals surface area contributed by atoms with Crippen LogP contribution in [0.4, 0.5) is 11.4 Å². The number of fused-ring (bicyclic) bond motifs is 6. The van der Waals surface area contributed by atoms with Gasteiger partial charge in [0.2, 0.25) is 0 Å². The predicted octanol–water partition coefficient (Wildman–Crippen LogP) is 5.09. The van der Waals surface area contributed by atoms with E-state index in [1.165, 1.54) is 4.90 Å². The highest BCUT2D eigenvalue weighted by Gasteiger charge is 2.56. The first-order chi connectivity index (χ1) is 21.7. The number of hydrogen-bond acceptors (Lipinski definition) is 7. The fourth-order valence-corrected chi connectivity index (χ4v) is 6.95. The number of amides is 1. The molecule has 0 bridgehead atoms. The highest BCUT2D eigenvalue weighted by atomic mass is 16.5. The summed E-state index contributed by atoms with van der Waals surface area (Å²) in [4.78, 5) is 45.0. The maximum atomic E-state index is 14.3. The molecule has 0 atom stereocenters. The largest absolute Gasteiger partial charge is 0.480 e. The van der Waals surface area contributed by atoms with E-state index in [2.05, 4.69) is 73.9 Å². The lowest BCUT2D eigenvalue weighted by molar-refractivity contribution is -0.141. The molecule has 2 heterocycles. The molecule has 0 saturated carbocycles. The Labute approximate surface area is 264 Å². The molecule has 0 aromatic heterocycles. The van der Waals surface area contributed by atoms with Crippen LogP contribution in [-0.2, 0) is 15.1 Å². The van der Waals surface area contributed by atoms with Gasteiger partial charge in [0, 0.05) is 79.5 Å². The third-order valence-electron chi connectivity index (χ3n) is 8.96. The maximum Gasteiger partial charge on any atom is 0.317 e. The molecule has 10 heteroatoms. The summed E-state index contributed by atoms with van der Waals surface area (Å²) >= 11 is 0. The number of carbonyl (C=O) groups is 3. The lowest BCUT2D eigenvalue weighted by atomic mass is 9.74. The summed E-state index contributed by atoms with van der Waals surface area (Å²) in [5.74, 6) is -0.976. The molecule has 0 aliphatic carbocycles. The van der Waals surface area contributed by atoms with Crippen LogP contribution < -0.4 is 14.5 Å². The van der Waals surface area contributed by atoms with Crippen LogP contribution in [0, 0.1) is 0 Å². The quantitative estimate of drug-likeness (QED) is 0.256. The van der Waals surface area contributed by atoms with Gasteiger partial charge in [-0.05, 0) is 57.9 Å². The Hall–Kier alpha value is -4.57. The molecule has 0 saturated heterocycles. The first-order valence-corrected chi connectivity index (χ1v) is 15.7. The summed E-state index contributed by atoms with van der Waals surface area (Å²) < 4.78 is 6.72. The normalized spacial score (nSPS) is 14.2. The minimum Gasteiger partial charge on any atom is -0.480 e. The summed E-state index contributed by atoms with van der Waals surface area (Å²) in [5, 5.41) is 18.7. The number of anilines is 2. The van der Waals surface area contributed by atoms with Gasteiger partial charge in [-0.25, -0.2) is 0 Å². The average Bonchev–Trinajstić information content (AvgIpc) is 3.26. The Kier molecular flexibility index (Phi) is 9.34. The second-order valence-corrected chi connectivity index (χ2v) is 11.4. The summed E-state index contributed by atoms with van der Waals surface area (Å²) in [7, 11) is 0. The molecule has 0 fully saturated rings.